The highest BCUT2D eigenvalue weighted by atomic mass is 32.2. The molecule has 1 aliphatic heterocycles. The second-order valence-electron chi connectivity index (χ2n) is 17.5. The minimum Gasteiger partial charge on any atom is -0.310 e. The van der Waals surface area contributed by atoms with E-state index in [0.717, 1.165) is 22.1 Å². The van der Waals surface area contributed by atoms with Crippen molar-refractivity contribution in [2.24, 2.45) is 0 Å². The Labute approximate surface area is 395 Å². The lowest BCUT2D eigenvalue weighted by molar-refractivity contribution is 0.768. The number of hydrogen-bond donors (Lipinski definition) is 0. The van der Waals surface area contributed by atoms with E-state index in [4.69, 9.17) is 0 Å². The van der Waals surface area contributed by atoms with Gasteiger partial charge in [-0.1, -0.05) is 200 Å². The number of fused-ring (bicyclic) bond motifs is 7. The van der Waals surface area contributed by atoms with Crippen molar-refractivity contribution in [2.75, 3.05) is 9.98 Å². The highest BCUT2D eigenvalue weighted by Crippen LogP contribution is 2.59. The van der Waals surface area contributed by atoms with Crippen molar-refractivity contribution in [3.05, 3.63) is 293 Å². The molecule has 66 heavy (non-hydrogen) atoms. The van der Waals surface area contributed by atoms with Crippen LogP contribution in [0.3, 0.4) is 0 Å². The smallest absolute Gasteiger partial charge is 0.0714 e. The van der Waals surface area contributed by atoms with Crippen LogP contribution in [0.4, 0.5) is 17.1 Å². The maximum atomic E-state index is 2.48. The van der Waals surface area contributed by atoms with Gasteiger partial charge in [0.25, 0.3) is 0 Å². The Morgan fingerprint density at radius 3 is 1.29 bits per heavy atom. The summed E-state index contributed by atoms with van der Waals surface area (Å²) >= 11 is 3.86. The van der Waals surface area contributed by atoms with E-state index in [-0.39, 0.29) is 0 Å². The molecule has 0 spiro atoms. The summed E-state index contributed by atoms with van der Waals surface area (Å²) in [5.41, 5.74) is 20.2. The van der Waals surface area contributed by atoms with Gasteiger partial charge in [0, 0.05) is 31.9 Å². The predicted molar refractivity (Wildman–Crippen MR) is 278 cm³/mol. The van der Waals surface area contributed by atoms with E-state index in [1.165, 1.54) is 87.7 Å². The lowest BCUT2D eigenvalue weighted by atomic mass is 9.67. The van der Waals surface area contributed by atoms with Gasteiger partial charge in [0.1, 0.15) is 0 Å². The van der Waals surface area contributed by atoms with Crippen molar-refractivity contribution in [3.63, 3.8) is 0 Å². The largest absolute Gasteiger partial charge is 0.310 e. The van der Waals surface area contributed by atoms with Crippen LogP contribution >= 0.6 is 23.5 Å². The van der Waals surface area contributed by atoms with E-state index < -0.39 is 10.8 Å². The van der Waals surface area contributed by atoms with Gasteiger partial charge in [-0.25, -0.2) is 0 Å². The zero-order valence-corrected chi connectivity index (χ0v) is 37.8. The van der Waals surface area contributed by atoms with Gasteiger partial charge in [-0.2, -0.15) is 0 Å². The Balaban J connectivity index is 1.01. The summed E-state index contributed by atoms with van der Waals surface area (Å²) < 4.78 is 0. The van der Waals surface area contributed by atoms with Crippen LogP contribution in [-0.4, -0.2) is 5.08 Å². The third-order valence-corrected chi connectivity index (χ3v) is 16.6. The van der Waals surface area contributed by atoms with Crippen molar-refractivity contribution in [1.82, 2.24) is 0 Å². The quantitative estimate of drug-likeness (QED) is 0.150. The molecule has 2 aliphatic carbocycles. The minimum absolute atomic E-state index is 0.472. The van der Waals surface area contributed by atoms with Gasteiger partial charge in [0.2, 0.25) is 0 Å². The number of hydrogen-bond acceptors (Lipinski definition) is 3. The second-order valence-corrected chi connectivity index (χ2v) is 19.9. The van der Waals surface area contributed by atoms with Crippen molar-refractivity contribution in [3.8, 4) is 33.4 Å². The van der Waals surface area contributed by atoms with Crippen LogP contribution in [0.5, 0.6) is 0 Å². The van der Waals surface area contributed by atoms with Crippen molar-refractivity contribution < 1.29 is 0 Å². The van der Waals surface area contributed by atoms with Gasteiger partial charge in [-0.15, -0.1) is 23.5 Å². The summed E-state index contributed by atoms with van der Waals surface area (Å²) in [6.45, 7) is 0. The summed E-state index contributed by atoms with van der Waals surface area (Å²) in [6, 6.07) is 93.0. The number of anilines is 3. The fourth-order valence-electron chi connectivity index (χ4n) is 11.5. The van der Waals surface area contributed by atoms with Gasteiger partial charge >= 0.3 is 0 Å². The Morgan fingerprint density at radius 2 is 0.712 bits per heavy atom. The first-order valence-corrected chi connectivity index (χ1v) is 24.7. The van der Waals surface area contributed by atoms with Gasteiger partial charge < -0.3 is 4.90 Å². The summed E-state index contributed by atoms with van der Waals surface area (Å²) in [4.78, 5) is 5.18. The van der Waals surface area contributed by atoms with Crippen LogP contribution in [-0.2, 0) is 10.8 Å². The summed E-state index contributed by atoms with van der Waals surface area (Å²) in [7, 11) is 0. The molecule has 1 heterocycles. The van der Waals surface area contributed by atoms with Crippen LogP contribution < -0.4 is 4.90 Å². The molecule has 0 bridgehead atoms. The van der Waals surface area contributed by atoms with Gasteiger partial charge in [0.05, 0.1) is 10.8 Å². The molecular weight excluding hydrogens is 835 g/mol. The highest BCUT2D eigenvalue weighted by Gasteiger charge is 2.47. The Morgan fingerprint density at radius 1 is 0.288 bits per heavy atom. The average Bonchev–Trinajstić information content (AvgIpc) is 4.08. The minimum atomic E-state index is -0.506. The molecule has 0 atom stereocenters. The highest BCUT2D eigenvalue weighted by molar-refractivity contribution is 8.18. The second kappa shape index (κ2) is 15.7. The fourth-order valence-corrected chi connectivity index (χ4v) is 13.9. The maximum Gasteiger partial charge on any atom is 0.0714 e. The van der Waals surface area contributed by atoms with E-state index in [2.05, 4.69) is 254 Å². The number of nitrogens with zero attached hydrogens (tertiary/aromatic N) is 1. The number of benzene rings is 10. The normalized spacial score (nSPS) is 14.4. The van der Waals surface area contributed by atoms with Crippen molar-refractivity contribution in [2.45, 2.75) is 20.6 Å². The molecule has 312 valence electrons. The Hall–Kier alpha value is -7.30. The first-order valence-electron chi connectivity index (χ1n) is 22.7. The lowest BCUT2D eigenvalue weighted by Gasteiger charge is -2.35. The van der Waals surface area contributed by atoms with Crippen molar-refractivity contribution >= 4 is 40.6 Å². The van der Waals surface area contributed by atoms with Crippen molar-refractivity contribution in [1.29, 1.82) is 0 Å². The molecule has 3 aliphatic rings. The van der Waals surface area contributed by atoms with Crippen LogP contribution in [0.1, 0.15) is 44.5 Å². The lowest BCUT2D eigenvalue weighted by Crippen LogP contribution is -2.28. The molecule has 1 nitrogen and oxygen atoms in total. The Bertz CT molecular complexity index is 3380. The van der Waals surface area contributed by atoms with E-state index >= 15 is 0 Å². The average molecular weight is 878 g/mol. The first-order chi connectivity index (χ1) is 32.7. The van der Waals surface area contributed by atoms with Gasteiger partial charge in [-0.3, -0.25) is 0 Å². The summed E-state index contributed by atoms with van der Waals surface area (Å²) in [6.07, 6.45) is 0. The first kappa shape index (κ1) is 39.1. The van der Waals surface area contributed by atoms with Crippen LogP contribution in [0.25, 0.3) is 33.4 Å². The molecule has 0 saturated heterocycles. The molecule has 0 unspecified atom stereocenters. The van der Waals surface area contributed by atoms with Crippen LogP contribution in [0, 0.1) is 0 Å². The fraction of sp³-hybridized carbons (Fsp3) is 0.0476. The van der Waals surface area contributed by atoms with E-state index in [9.17, 15) is 0 Å². The predicted octanol–water partition coefficient (Wildman–Crippen LogP) is 16.7. The van der Waals surface area contributed by atoms with E-state index in [0.29, 0.717) is 0 Å². The zero-order chi connectivity index (χ0) is 43.7. The number of rotatable bonds is 8. The molecule has 0 aromatic heterocycles. The molecular formula is C63H43NS2. The molecule has 0 fully saturated rings. The SMILES string of the molecule is c1ccc(C2(c3ccccc3)c3ccccc3-c3ccc(-c4cccc(N(c5ccc6c(c5)SCS6)c5ccc6c(c5)C(c5ccccc5)(c5ccccc5)c5ccccc5-6)c4)cc32)cc1. The van der Waals surface area contributed by atoms with Crippen LogP contribution in [0.2, 0.25) is 0 Å². The molecule has 13 rings (SSSR count). The summed E-state index contributed by atoms with van der Waals surface area (Å²) in [5, 5.41) is 1.04. The summed E-state index contributed by atoms with van der Waals surface area (Å²) in [5.74, 6) is 0. The van der Waals surface area contributed by atoms with Gasteiger partial charge in [0.15, 0.2) is 0 Å². The number of thioether (sulfide) groups is 2. The molecule has 3 heteroatoms. The maximum absolute atomic E-state index is 2.48. The molecule has 0 amide bonds. The molecule has 0 saturated carbocycles. The van der Waals surface area contributed by atoms with Gasteiger partial charge in [-0.05, 0) is 126 Å². The third kappa shape index (κ3) is 5.83. The Kier molecular flexibility index (Phi) is 9.30. The van der Waals surface area contributed by atoms with E-state index in [1.807, 2.05) is 23.5 Å². The van der Waals surface area contributed by atoms with E-state index in [1.54, 1.807) is 0 Å². The topological polar surface area (TPSA) is 3.24 Å². The molecule has 0 radical (unpaired) electrons. The molecule has 10 aromatic rings. The third-order valence-electron chi connectivity index (χ3n) is 14.2. The monoisotopic (exact) mass is 877 g/mol. The molecule has 0 N–H and O–H groups in total. The standard InChI is InChI=1S/C63H43NS2/c1-5-19-45(20-6-1)62(46-21-7-2-8-22-46)56-30-15-13-28-52(56)54-35-32-44(39-58(54)62)43-18-17-27-49(38-43)64(51-34-37-60-61(41-51)66-42-65-60)50-33-36-55-53-29-14-16-31-57(53)63(59(55)40-50,47-23-9-3-10-24-47)48-25-11-4-12-26-48/h1-41H,42H2. The molecule has 10 aromatic carbocycles. The van der Waals surface area contributed by atoms with Crippen LogP contribution in [0.15, 0.2) is 259 Å². The zero-order valence-electron chi connectivity index (χ0n) is 36.1.